The van der Waals surface area contributed by atoms with Gasteiger partial charge in [-0.3, -0.25) is 9.59 Å². The number of nitrogens with one attached hydrogen (secondary N) is 2. The van der Waals surface area contributed by atoms with E-state index in [4.69, 9.17) is 0 Å². The van der Waals surface area contributed by atoms with Crippen molar-refractivity contribution in [1.29, 1.82) is 0 Å². The number of hydrogen-bond donors (Lipinski definition) is 2. The maximum Gasteiger partial charge on any atom is 0.310 e. The van der Waals surface area contributed by atoms with E-state index in [1.807, 2.05) is 12.1 Å². The summed E-state index contributed by atoms with van der Waals surface area (Å²) in [6.07, 6.45) is 0.866. The number of amides is 1. The first-order valence-electron chi connectivity index (χ1n) is 5.82. The van der Waals surface area contributed by atoms with E-state index in [9.17, 15) is 9.59 Å². The summed E-state index contributed by atoms with van der Waals surface area (Å²) < 4.78 is 4.62. The highest BCUT2D eigenvalue weighted by molar-refractivity contribution is 7.12. The molecule has 98 valence electrons. The van der Waals surface area contributed by atoms with Crippen molar-refractivity contribution < 1.29 is 14.3 Å². The molecule has 1 aromatic rings. The number of esters is 1. The zero-order valence-corrected chi connectivity index (χ0v) is 11.0. The summed E-state index contributed by atoms with van der Waals surface area (Å²) in [5.41, 5.74) is 0. The van der Waals surface area contributed by atoms with Gasteiger partial charge in [0.25, 0.3) is 0 Å². The molecule has 1 saturated heterocycles. The number of hydrogen-bond acceptors (Lipinski definition) is 5. The van der Waals surface area contributed by atoms with Gasteiger partial charge in [-0.1, -0.05) is 0 Å². The van der Waals surface area contributed by atoms with Crippen molar-refractivity contribution in [2.75, 3.05) is 13.7 Å². The fraction of sp³-hybridized carbons (Fsp3) is 0.500. The minimum absolute atomic E-state index is 0.102. The van der Waals surface area contributed by atoms with E-state index in [-0.39, 0.29) is 17.9 Å². The van der Waals surface area contributed by atoms with Crippen LogP contribution in [0.5, 0.6) is 0 Å². The van der Waals surface area contributed by atoms with Gasteiger partial charge < -0.3 is 15.4 Å². The smallest absolute Gasteiger partial charge is 0.310 e. The lowest BCUT2D eigenvalue weighted by Crippen LogP contribution is -2.30. The van der Waals surface area contributed by atoms with Crippen LogP contribution >= 0.6 is 11.3 Å². The van der Waals surface area contributed by atoms with Crippen molar-refractivity contribution in [2.24, 2.45) is 0 Å². The Labute approximate surface area is 110 Å². The Kier molecular flexibility index (Phi) is 4.33. The van der Waals surface area contributed by atoms with E-state index in [1.54, 1.807) is 11.3 Å². The van der Waals surface area contributed by atoms with Crippen molar-refractivity contribution in [3.63, 3.8) is 0 Å². The van der Waals surface area contributed by atoms with Crippen LogP contribution in [0.3, 0.4) is 0 Å². The van der Waals surface area contributed by atoms with E-state index < -0.39 is 0 Å². The summed E-state index contributed by atoms with van der Waals surface area (Å²) >= 11 is 1.59. The molecule has 0 spiro atoms. The first-order valence-corrected chi connectivity index (χ1v) is 6.63. The quantitative estimate of drug-likeness (QED) is 0.761. The van der Waals surface area contributed by atoms with Crippen LogP contribution in [0.1, 0.15) is 16.2 Å². The lowest BCUT2D eigenvalue weighted by Gasteiger charge is -2.08. The van der Waals surface area contributed by atoms with Crippen LogP contribution < -0.4 is 10.6 Å². The Hall–Kier alpha value is -1.40. The number of carbonyl (C=O) groups excluding carboxylic acids is 2. The Morgan fingerprint density at radius 1 is 1.56 bits per heavy atom. The second-order valence-electron chi connectivity index (χ2n) is 4.21. The summed E-state index contributed by atoms with van der Waals surface area (Å²) in [6.45, 7) is 1.42. The molecule has 2 rings (SSSR count). The summed E-state index contributed by atoms with van der Waals surface area (Å²) in [5.74, 6) is -0.119. The molecule has 0 radical (unpaired) electrons. The topological polar surface area (TPSA) is 67.4 Å². The third-order valence-corrected chi connectivity index (χ3v) is 3.89. The van der Waals surface area contributed by atoms with Gasteiger partial charge in [-0.05, 0) is 12.1 Å². The number of carbonyl (C=O) groups is 2. The molecule has 5 nitrogen and oxygen atoms in total. The number of rotatable bonds is 5. The van der Waals surface area contributed by atoms with Gasteiger partial charge >= 0.3 is 5.97 Å². The molecule has 0 aliphatic carbocycles. The maximum atomic E-state index is 11.1. The molecule has 0 saturated carbocycles. The molecule has 1 unspecified atom stereocenters. The molecule has 2 N–H and O–H groups in total. The van der Waals surface area contributed by atoms with E-state index in [0.29, 0.717) is 19.4 Å². The molecule has 1 fully saturated rings. The molecule has 2 heterocycles. The van der Waals surface area contributed by atoms with Gasteiger partial charge in [-0.25, -0.2) is 0 Å². The van der Waals surface area contributed by atoms with Gasteiger partial charge in [0.05, 0.1) is 13.5 Å². The van der Waals surface area contributed by atoms with Gasteiger partial charge in [0.15, 0.2) is 0 Å². The molecule has 1 aliphatic rings. The van der Waals surface area contributed by atoms with E-state index >= 15 is 0 Å². The number of ether oxygens (including phenoxy) is 1. The average Bonchev–Trinajstić information content (AvgIpc) is 2.96. The fourth-order valence-electron chi connectivity index (χ4n) is 1.82. The molecule has 1 atom stereocenters. The molecule has 1 amide bonds. The van der Waals surface area contributed by atoms with Crippen LogP contribution in [0.15, 0.2) is 12.1 Å². The minimum Gasteiger partial charge on any atom is -0.469 e. The Morgan fingerprint density at radius 2 is 2.33 bits per heavy atom. The SMILES string of the molecule is COC(=O)Cc1ccc(CNC2CNC(=O)C2)s1. The van der Waals surface area contributed by atoms with Crippen molar-refractivity contribution in [3.8, 4) is 0 Å². The van der Waals surface area contributed by atoms with Crippen LogP contribution in [0.4, 0.5) is 0 Å². The van der Waals surface area contributed by atoms with E-state index in [1.165, 1.54) is 7.11 Å². The Bertz CT molecular complexity index is 444. The second kappa shape index (κ2) is 5.97. The molecular weight excluding hydrogens is 252 g/mol. The van der Waals surface area contributed by atoms with Crippen LogP contribution in [0.2, 0.25) is 0 Å². The lowest BCUT2D eigenvalue weighted by atomic mass is 10.2. The van der Waals surface area contributed by atoms with Gasteiger partial charge in [0.1, 0.15) is 0 Å². The largest absolute Gasteiger partial charge is 0.469 e. The summed E-state index contributed by atoms with van der Waals surface area (Å²) in [6, 6.07) is 4.15. The van der Waals surface area contributed by atoms with Crippen LogP contribution in [0, 0.1) is 0 Å². The normalized spacial score (nSPS) is 18.7. The third-order valence-electron chi connectivity index (χ3n) is 2.81. The van der Waals surface area contributed by atoms with Gasteiger partial charge in [0, 0.05) is 35.3 Å². The van der Waals surface area contributed by atoms with Gasteiger partial charge in [-0.2, -0.15) is 0 Å². The summed E-state index contributed by atoms with van der Waals surface area (Å²) in [4.78, 5) is 24.3. The van der Waals surface area contributed by atoms with E-state index in [2.05, 4.69) is 15.4 Å². The predicted octanol–water partition coefficient (Wildman–Crippen LogP) is 0.442. The Morgan fingerprint density at radius 3 is 3.00 bits per heavy atom. The molecule has 0 aromatic carbocycles. The highest BCUT2D eigenvalue weighted by Gasteiger charge is 2.20. The lowest BCUT2D eigenvalue weighted by molar-refractivity contribution is -0.139. The molecule has 1 aliphatic heterocycles. The van der Waals surface area contributed by atoms with Crippen molar-refractivity contribution in [1.82, 2.24) is 10.6 Å². The summed E-state index contributed by atoms with van der Waals surface area (Å²) in [7, 11) is 1.39. The van der Waals surface area contributed by atoms with Gasteiger partial charge in [-0.15, -0.1) is 11.3 Å². The zero-order chi connectivity index (χ0) is 13.0. The van der Waals surface area contributed by atoms with Crippen molar-refractivity contribution in [3.05, 3.63) is 21.9 Å². The molecule has 1 aromatic heterocycles. The predicted molar refractivity (Wildman–Crippen MR) is 68.3 cm³/mol. The first-order chi connectivity index (χ1) is 8.67. The van der Waals surface area contributed by atoms with E-state index in [0.717, 1.165) is 16.3 Å². The highest BCUT2D eigenvalue weighted by atomic mass is 32.1. The van der Waals surface area contributed by atoms with Crippen LogP contribution in [-0.4, -0.2) is 31.6 Å². The third kappa shape index (κ3) is 3.54. The molecule has 18 heavy (non-hydrogen) atoms. The van der Waals surface area contributed by atoms with Crippen molar-refractivity contribution in [2.45, 2.75) is 25.4 Å². The summed E-state index contributed by atoms with van der Waals surface area (Å²) in [5, 5.41) is 6.11. The zero-order valence-electron chi connectivity index (χ0n) is 10.2. The standard InChI is InChI=1S/C12H16N2O3S/c1-17-12(16)5-9-2-3-10(18-9)7-13-8-4-11(15)14-6-8/h2-3,8,13H,4-7H2,1H3,(H,14,15). The van der Waals surface area contributed by atoms with Crippen LogP contribution in [0.25, 0.3) is 0 Å². The van der Waals surface area contributed by atoms with Crippen molar-refractivity contribution >= 4 is 23.2 Å². The molecule has 0 bridgehead atoms. The number of methoxy groups -OCH3 is 1. The highest BCUT2D eigenvalue weighted by Crippen LogP contribution is 2.17. The first kappa shape index (κ1) is 13.0. The average molecular weight is 268 g/mol. The van der Waals surface area contributed by atoms with Crippen LogP contribution in [-0.2, 0) is 27.3 Å². The molecule has 6 heteroatoms. The maximum absolute atomic E-state index is 11.1. The van der Waals surface area contributed by atoms with Gasteiger partial charge in [0.2, 0.25) is 5.91 Å². The number of thiophene rings is 1. The second-order valence-corrected chi connectivity index (χ2v) is 5.46. The monoisotopic (exact) mass is 268 g/mol. The fourth-order valence-corrected chi connectivity index (χ4v) is 2.78. The molecular formula is C12H16N2O3S. The Balaban J connectivity index is 1.79. The minimum atomic E-state index is -0.220.